The van der Waals surface area contributed by atoms with E-state index in [1.165, 1.54) is 6.33 Å². The summed E-state index contributed by atoms with van der Waals surface area (Å²) in [5.41, 5.74) is 3.14. The Morgan fingerprint density at radius 1 is 1.23 bits per heavy atom. The molecule has 1 aromatic carbocycles. The number of pyridine rings is 1. The molecule has 0 bridgehead atoms. The van der Waals surface area contributed by atoms with Gasteiger partial charge in [-0.15, -0.1) is 0 Å². The van der Waals surface area contributed by atoms with Crippen LogP contribution in [0.25, 0.3) is 0 Å². The van der Waals surface area contributed by atoms with E-state index in [0.717, 1.165) is 22.6 Å². The minimum absolute atomic E-state index is 0.135. The number of aromatic amines is 1. The standard InChI is InChI=1S/C16H17N5O/c1-22-10-12-4-6-14(7-5-12)20-15(16-18-11-19-21-16)13-3-2-8-17-9-13/h2-9,11,15,20H,10H2,1H3,(H,18,19,21). The predicted octanol–water partition coefficient (Wildman–Crippen LogP) is 2.55. The molecule has 0 radical (unpaired) electrons. The van der Waals surface area contributed by atoms with E-state index in [4.69, 9.17) is 4.74 Å². The average Bonchev–Trinajstić information content (AvgIpc) is 3.09. The number of benzene rings is 1. The summed E-state index contributed by atoms with van der Waals surface area (Å²) in [4.78, 5) is 8.44. The quantitative estimate of drug-likeness (QED) is 0.731. The molecule has 0 saturated carbocycles. The van der Waals surface area contributed by atoms with Crippen LogP contribution in [-0.4, -0.2) is 27.3 Å². The summed E-state index contributed by atoms with van der Waals surface area (Å²) in [7, 11) is 1.69. The van der Waals surface area contributed by atoms with Gasteiger partial charge in [0.2, 0.25) is 0 Å². The van der Waals surface area contributed by atoms with E-state index in [1.54, 1.807) is 13.3 Å². The minimum Gasteiger partial charge on any atom is -0.380 e. The number of H-pyrrole nitrogens is 1. The molecule has 2 heterocycles. The van der Waals surface area contributed by atoms with E-state index in [-0.39, 0.29) is 6.04 Å². The molecule has 2 aromatic heterocycles. The van der Waals surface area contributed by atoms with E-state index in [1.807, 2.05) is 42.6 Å². The van der Waals surface area contributed by atoms with Crippen LogP contribution in [0.5, 0.6) is 0 Å². The van der Waals surface area contributed by atoms with Crippen LogP contribution < -0.4 is 5.32 Å². The topological polar surface area (TPSA) is 75.7 Å². The summed E-state index contributed by atoms with van der Waals surface area (Å²) < 4.78 is 5.13. The number of nitrogens with zero attached hydrogens (tertiary/aromatic N) is 3. The Balaban J connectivity index is 1.84. The summed E-state index contributed by atoms with van der Waals surface area (Å²) in [5, 5.41) is 10.3. The molecule has 0 fully saturated rings. The first-order valence-electron chi connectivity index (χ1n) is 6.96. The van der Waals surface area contributed by atoms with Gasteiger partial charge in [-0.2, -0.15) is 5.10 Å². The van der Waals surface area contributed by atoms with Gasteiger partial charge in [-0.1, -0.05) is 18.2 Å². The number of hydrogen-bond acceptors (Lipinski definition) is 5. The van der Waals surface area contributed by atoms with Crippen molar-refractivity contribution in [3.8, 4) is 0 Å². The molecule has 0 aliphatic rings. The Morgan fingerprint density at radius 3 is 2.73 bits per heavy atom. The fourth-order valence-electron chi connectivity index (χ4n) is 2.24. The van der Waals surface area contributed by atoms with Crippen LogP contribution in [0.3, 0.4) is 0 Å². The first-order valence-corrected chi connectivity index (χ1v) is 6.96. The van der Waals surface area contributed by atoms with E-state index in [2.05, 4.69) is 25.5 Å². The first kappa shape index (κ1) is 14.2. The summed E-state index contributed by atoms with van der Waals surface area (Å²) in [6, 6.07) is 11.9. The maximum absolute atomic E-state index is 5.13. The largest absolute Gasteiger partial charge is 0.380 e. The second-order valence-corrected chi connectivity index (χ2v) is 4.86. The molecule has 0 aliphatic carbocycles. The predicted molar refractivity (Wildman–Crippen MR) is 83.2 cm³/mol. The zero-order chi connectivity index (χ0) is 15.2. The molecule has 0 saturated heterocycles. The molecule has 1 unspecified atom stereocenters. The summed E-state index contributed by atoms with van der Waals surface area (Å²) in [6.45, 7) is 0.606. The van der Waals surface area contributed by atoms with Crippen molar-refractivity contribution < 1.29 is 4.74 Å². The number of rotatable bonds is 6. The molecule has 2 N–H and O–H groups in total. The number of hydrogen-bond donors (Lipinski definition) is 2. The van der Waals surface area contributed by atoms with Gasteiger partial charge >= 0.3 is 0 Å². The van der Waals surface area contributed by atoms with Crippen LogP contribution in [0.15, 0.2) is 55.1 Å². The van der Waals surface area contributed by atoms with Crippen molar-refractivity contribution in [2.75, 3.05) is 12.4 Å². The third-order valence-corrected chi connectivity index (χ3v) is 3.30. The molecule has 112 valence electrons. The first-order chi connectivity index (χ1) is 10.9. The zero-order valence-electron chi connectivity index (χ0n) is 12.2. The smallest absolute Gasteiger partial charge is 0.151 e. The summed E-state index contributed by atoms with van der Waals surface area (Å²) >= 11 is 0. The molecule has 6 heteroatoms. The number of methoxy groups -OCH3 is 1. The maximum Gasteiger partial charge on any atom is 0.151 e. The van der Waals surface area contributed by atoms with Gasteiger partial charge in [0.25, 0.3) is 0 Å². The second-order valence-electron chi connectivity index (χ2n) is 4.86. The highest BCUT2D eigenvalue weighted by Crippen LogP contribution is 2.23. The number of aromatic nitrogens is 4. The van der Waals surface area contributed by atoms with Crippen molar-refractivity contribution in [2.24, 2.45) is 0 Å². The van der Waals surface area contributed by atoms with Crippen molar-refractivity contribution >= 4 is 5.69 Å². The van der Waals surface area contributed by atoms with Gasteiger partial charge in [0.05, 0.1) is 6.61 Å². The highest BCUT2D eigenvalue weighted by atomic mass is 16.5. The van der Waals surface area contributed by atoms with Crippen LogP contribution in [0.2, 0.25) is 0 Å². The van der Waals surface area contributed by atoms with Crippen LogP contribution in [-0.2, 0) is 11.3 Å². The molecule has 3 aromatic rings. The van der Waals surface area contributed by atoms with E-state index in [9.17, 15) is 0 Å². The van der Waals surface area contributed by atoms with E-state index in [0.29, 0.717) is 6.61 Å². The van der Waals surface area contributed by atoms with Gasteiger partial charge < -0.3 is 10.1 Å². The lowest BCUT2D eigenvalue weighted by Gasteiger charge is -2.18. The number of nitrogens with one attached hydrogen (secondary N) is 2. The molecule has 1 atom stereocenters. The lowest BCUT2D eigenvalue weighted by Crippen LogP contribution is -2.14. The lowest BCUT2D eigenvalue weighted by atomic mass is 10.1. The molecule has 6 nitrogen and oxygen atoms in total. The number of anilines is 1. The van der Waals surface area contributed by atoms with Crippen LogP contribution in [0, 0.1) is 0 Å². The number of ether oxygens (including phenoxy) is 1. The van der Waals surface area contributed by atoms with Crippen molar-refractivity contribution in [2.45, 2.75) is 12.6 Å². The molecular formula is C16H17N5O. The maximum atomic E-state index is 5.13. The Morgan fingerprint density at radius 2 is 2.09 bits per heavy atom. The van der Waals surface area contributed by atoms with Gasteiger partial charge in [0.1, 0.15) is 12.4 Å². The monoisotopic (exact) mass is 295 g/mol. The van der Waals surface area contributed by atoms with Crippen LogP contribution in [0.1, 0.15) is 23.0 Å². The van der Waals surface area contributed by atoms with Gasteiger partial charge in [-0.05, 0) is 23.8 Å². The van der Waals surface area contributed by atoms with E-state index < -0.39 is 0 Å². The second kappa shape index (κ2) is 6.82. The lowest BCUT2D eigenvalue weighted by molar-refractivity contribution is 0.185. The fraction of sp³-hybridized carbons (Fsp3) is 0.188. The Bertz CT molecular complexity index is 682. The van der Waals surface area contributed by atoms with Crippen molar-refractivity contribution in [3.05, 3.63) is 72.1 Å². The summed E-state index contributed by atoms with van der Waals surface area (Å²) in [5.74, 6) is 0.744. The molecule has 0 spiro atoms. The van der Waals surface area contributed by atoms with Crippen molar-refractivity contribution in [1.82, 2.24) is 20.2 Å². The molecular weight excluding hydrogens is 278 g/mol. The fourth-order valence-corrected chi connectivity index (χ4v) is 2.24. The highest BCUT2D eigenvalue weighted by Gasteiger charge is 2.17. The Hall–Kier alpha value is -2.73. The van der Waals surface area contributed by atoms with Crippen molar-refractivity contribution in [1.29, 1.82) is 0 Å². The van der Waals surface area contributed by atoms with Crippen LogP contribution >= 0.6 is 0 Å². The SMILES string of the molecule is COCc1ccc(NC(c2cccnc2)c2ncn[nH]2)cc1. The third kappa shape index (κ3) is 3.29. The molecule has 3 rings (SSSR count). The third-order valence-electron chi connectivity index (χ3n) is 3.30. The molecule has 0 amide bonds. The molecule has 0 aliphatic heterocycles. The Kier molecular flexibility index (Phi) is 4.41. The van der Waals surface area contributed by atoms with Gasteiger partial charge in [-0.3, -0.25) is 10.1 Å². The average molecular weight is 295 g/mol. The van der Waals surface area contributed by atoms with Gasteiger partial charge in [0.15, 0.2) is 5.82 Å². The van der Waals surface area contributed by atoms with E-state index >= 15 is 0 Å². The van der Waals surface area contributed by atoms with Gasteiger partial charge in [-0.25, -0.2) is 4.98 Å². The van der Waals surface area contributed by atoms with Crippen LogP contribution in [0.4, 0.5) is 5.69 Å². The normalized spacial score (nSPS) is 12.0. The Labute approximate surface area is 128 Å². The minimum atomic E-state index is -0.135. The zero-order valence-corrected chi connectivity index (χ0v) is 12.2. The highest BCUT2D eigenvalue weighted by molar-refractivity contribution is 5.48. The summed E-state index contributed by atoms with van der Waals surface area (Å²) in [6.07, 6.45) is 5.07. The van der Waals surface area contributed by atoms with Gasteiger partial charge in [0, 0.05) is 30.8 Å². The molecule has 22 heavy (non-hydrogen) atoms. The van der Waals surface area contributed by atoms with Crippen molar-refractivity contribution in [3.63, 3.8) is 0 Å².